The van der Waals surface area contributed by atoms with Crippen LogP contribution in [-0.4, -0.2) is 23.5 Å². The van der Waals surface area contributed by atoms with Gasteiger partial charge in [0.25, 0.3) is 0 Å². The minimum atomic E-state index is -3.38. The minimum Gasteiger partial charge on any atom is -0.382 e. The lowest BCUT2D eigenvalue weighted by atomic mass is 10.2. The van der Waals surface area contributed by atoms with E-state index in [0.717, 1.165) is 22.8 Å². The van der Waals surface area contributed by atoms with Crippen LogP contribution in [0, 0.1) is 6.92 Å². The molecule has 2 aromatic heterocycles. The zero-order chi connectivity index (χ0) is 14.8. The lowest BCUT2D eigenvalue weighted by Crippen LogP contribution is -2.09. The minimum absolute atomic E-state index is 0.00359. The zero-order valence-electron chi connectivity index (χ0n) is 11.3. The van der Waals surface area contributed by atoms with E-state index >= 15 is 0 Å². The van der Waals surface area contributed by atoms with Gasteiger partial charge in [0.2, 0.25) is 0 Å². The lowest BCUT2D eigenvalue weighted by Gasteiger charge is -2.07. The third kappa shape index (κ3) is 3.07. The van der Waals surface area contributed by atoms with Gasteiger partial charge < -0.3 is 11.1 Å². The van der Waals surface area contributed by atoms with Crippen molar-refractivity contribution in [3.05, 3.63) is 29.6 Å². The van der Waals surface area contributed by atoms with E-state index < -0.39 is 9.84 Å². The first-order chi connectivity index (χ1) is 9.44. The fourth-order valence-corrected chi connectivity index (χ4v) is 3.80. The Labute approximate surface area is 122 Å². The molecule has 108 valence electrons. The van der Waals surface area contributed by atoms with Crippen molar-refractivity contribution in [2.75, 3.05) is 16.8 Å². The topological polar surface area (TPSA) is 98.0 Å². The van der Waals surface area contributed by atoms with Crippen LogP contribution in [0.3, 0.4) is 0 Å². The normalized spacial score (nSPS) is 11.5. The predicted molar refractivity (Wildman–Crippen MR) is 80.6 cm³/mol. The van der Waals surface area contributed by atoms with Crippen LogP contribution in [0.1, 0.15) is 18.2 Å². The van der Waals surface area contributed by atoms with Crippen LogP contribution in [0.4, 0.5) is 10.8 Å². The number of hydrogen-bond acceptors (Lipinski definition) is 7. The van der Waals surface area contributed by atoms with Crippen LogP contribution in [0.2, 0.25) is 0 Å². The molecular weight excluding hydrogens is 296 g/mol. The molecule has 0 aromatic carbocycles. The molecule has 2 heterocycles. The van der Waals surface area contributed by atoms with Gasteiger partial charge in [-0.3, -0.25) is 4.98 Å². The second-order valence-electron chi connectivity index (χ2n) is 4.29. The molecule has 0 aliphatic heterocycles. The molecule has 3 N–H and O–H groups in total. The van der Waals surface area contributed by atoms with E-state index in [1.54, 1.807) is 13.1 Å². The highest BCUT2D eigenvalue weighted by Crippen LogP contribution is 2.32. The first kappa shape index (κ1) is 14.7. The second-order valence-corrected chi connectivity index (χ2v) is 7.28. The maximum absolute atomic E-state index is 12.0. The highest BCUT2D eigenvalue weighted by Gasteiger charge is 2.23. The van der Waals surface area contributed by atoms with Crippen LogP contribution in [0.25, 0.3) is 0 Å². The maximum atomic E-state index is 12.0. The third-order valence-corrected chi connectivity index (χ3v) is 5.53. The first-order valence-electron chi connectivity index (χ1n) is 6.07. The summed E-state index contributed by atoms with van der Waals surface area (Å²) in [5, 5.41) is 3.54. The Kier molecular flexibility index (Phi) is 4.24. The molecule has 0 fully saturated rings. The molecule has 8 heteroatoms. The number of anilines is 2. The standard InChI is InChI=1S/C12H16N4O2S2/c1-3-20(17,18)10-11(13)16-19-12(10)15-7-9-5-4-8(2)14-6-9/h4-6,15H,3,7H2,1-2H3,(H2,13,16). The van der Waals surface area contributed by atoms with E-state index in [1.807, 2.05) is 19.1 Å². The van der Waals surface area contributed by atoms with E-state index in [-0.39, 0.29) is 16.5 Å². The Balaban J connectivity index is 2.21. The van der Waals surface area contributed by atoms with Crippen LogP contribution in [0.15, 0.2) is 23.2 Å². The van der Waals surface area contributed by atoms with E-state index in [4.69, 9.17) is 5.73 Å². The van der Waals surface area contributed by atoms with Crippen LogP contribution in [-0.2, 0) is 16.4 Å². The molecule has 0 amide bonds. The summed E-state index contributed by atoms with van der Waals surface area (Å²) in [4.78, 5) is 4.29. The molecular formula is C12H16N4O2S2. The quantitative estimate of drug-likeness (QED) is 0.874. The van der Waals surface area contributed by atoms with Crippen LogP contribution in [0.5, 0.6) is 0 Å². The molecule has 0 aliphatic rings. The summed E-state index contributed by atoms with van der Waals surface area (Å²) in [6.07, 6.45) is 1.75. The number of nitrogen functional groups attached to an aromatic ring is 1. The van der Waals surface area contributed by atoms with Gasteiger partial charge >= 0.3 is 0 Å². The Morgan fingerprint density at radius 1 is 1.40 bits per heavy atom. The fourth-order valence-electron chi connectivity index (χ4n) is 1.64. The maximum Gasteiger partial charge on any atom is 0.184 e. The zero-order valence-corrected chi connectivity index (χ0v) is 12.9. The monoisotopic (exact) mass is 312 g/mol. The summed E-state index contributed by atoms with van der Waals surface area (Å²) in [5.74, 6) is 0.0532. The Bertz CT molecular complexity index is 693. The molecule has 6 nitrogen and oxygen atoms in total. The Morgan fingerprint density at radius 3 is 2.75 bits per heavy atom. The number of aromatic nitrogens is 2. The van der Waals surface area contributed by atoms with E-state index in [0.29, 0.717) is 11.5 Å². The number of sulfone groups is 1. The number of aryl methyl sites for hydroxylation is 1. The summed E-state index contributed by atoms with van der Waals surface area (Å²) in [6, 6.07) is 3.84. The SMILES string of the molecule is CCS(=O)(=O)c1c(N)nsc1NCc1ccc(C)nc1. The molecule has 0 unspecified atom stereocenters. The van der Waals surface area contributed by atoms with Gasteiger partial charge in [-0.2, -0.15) is 4.37 Å². The van der Waals surface area contributed by atoms with Crippen molar-refractivity contribution in [3.63, 3.8) is 0 Å². The lowest BCUT2D eigenvalue weighted by molar-refractivity contribution is 0.598. The van der Waals surface area contributed by atoms with E-state index in [1.165, 1.54) is 0 Å². The van der Waals surface area contributed by atoms with E-state index in [2.05, 4.69) is 14.7 Å². The van der Waals surface area contributed by atoms with E-state index in [9.17, 15) is 8.42 Å². The Hall–Kier alpha value is -1.67. The Morgan fingerprint density at radius 2 is 2.15 bits per heavy atom. The first-order valence-corrected chi connectivity index (χ1v) is 8.50. The van der Waals surface area contributed by atoms with Crippen molar-refractivity contribution < 1.29 is 8.42 Å². The third-order valence-electron chi connectivity index (χ3n) is 2.79. The number of hydrogen-bond donors (Lipinski definition) is 2. The van der Waals surface area contributed by atoms with Gasteiger partial charge in [-0.05, 0) is 30.1 Å². The van der Waals surface area contributed by atoms with Gasteiger partial charge in [0.05, 0.1) is 5.75 Å². The highest BCUT2D eigenvalue weighted by molar-refractivity contribution is 7.91. The number of rotatable bonds is 5. The fraction of sp³-hybridized carbons (Fsp3) is 0.333. The van der Waals surface area contributed by atoms with Crippen molar-refractivity contribution in [1.82, 2.24) is 9.36 Å². The summed E-state index contributed by atoms with van der Waals surface area (Å²) < 4.78 is 27.9. The molecule has 2 aromatic rings. The summed E-state index contributed by atoms with van der Waals surface area (Å²) >= 11 is 1.06. The number of nitrogens with zero attached hydrogens (tertiary/aromatic N) is 2. The van der Waals surface area contributed by atoms with Crippen molar-refractivity contribution in [3.8, 4) is 0 Å². The number of nitrogens with two attached hydrogens (primary N) is 1. The van der Waals surface area contributed by atoms with Gasteiger partial charge in [-0.25, -0.2) is 8.42 Å². The van der Waals surface area contributed by atoms with Gasteiger partial charge in [-0.1, -0.05) is 13.0 Å². The molecule has 20 heavy (non-hydrogen) atoms. The van der Waals surface area contributed by atoms with Gasteiger partial charge in [0.15, 0.2) is 15.7 Å². The molecule has 0 aliphatic carbocycles. The predicted octanol–water partition coefficient (Wildman–Crippen LogP) is 1.83. The number of nitrogens with one attached hydrogen (secondary N) is 1. The van der Waals surface area contributed by atoms with Gasteiger partial charge in [0, 0.05) is 18.4 Å². The van der Waals surface area contributed by atoms with Crippen molar-refractivity contribution >= 4 is 32.2 Å². The molecule has 0 radical (unpaired) electrons. The summed E-state index contributed by atoms with van der Waals surface area (Å²) in [6.45, 7) is 3.97. The molecule has 0 saturated heterocycles. The molecule has 0 spiro atoms. The van der Waals surface area contributed by atoms with Gasteiger partial charge in [-0.15, -0.1) is 0 Å². The van der Waals surface area contributed by atoms with Crippen LogP contribution >= 0.6 is 11.5 Å². The highest BCUT2D eigenvalue weighted by atomic mass is 32.2. The van der Waals surface area contributed by atoms with Crippen molar-refractivity contribution in [2.45, 2.75) is 25.3 Å². The average Bonchev–Trinajstić information content (AvgIpc) is 2.80. The van der Waals surface area contributed by atoms with Crippen molar-refractivity contribution in [2.24, 2.45) is 0 Å². The molecule has 2 rings (SSSR count). The van der Waals surface area contributed by atoms with Gasteiger partial charge in [0.1, 0.15) is 9.90 Å². The second kappa shape index (κ2) is 5.76. The average molecular weight is 312 g/mol. The summed E-state index contributed by atoms with van der Waals surface area (Å²) in [5.41, 5.74) is 7.56. The smallest absolute Gasteiger partial charge is 0.184 e. The van der Waals surface area contributed by atoms with Crippen molar-refractivity contribution in [1.29, 1.82) is 0 Å². The summed E-state index contributed by atoms with van der Waals surface area (Å²) in [7, 11) is -3.38. The molecule has 0 atom stereocenters. The molecule has 0 saturated carbocycles. The van der Waals surface area contributed by atoms with Crippen LogP contribution < -0.4 is 11.1 Å². The largest absolute Gasteiger partial charge is 0.382 e. The number of pyridine rings is 1. The molecule has 0 bridgehead atoms.